The van der Waals surface area contributed by atoms with Crippen LogP contribution in [-0.2, 0) is 11.3 Å². The van der Waals surface area contributed by atoms with E-state index >= 15 is 0 Å². The second-order valence-electron chi connectivity index (χ2n) is 6.11. The Morgan fingerprint density at radius 1 is 1.03 bits per heavy atom. The summed E-state index contributed by atoms with van der Waals surface area (Å²) in [6.45, 7) is -0.141. The molecule has 4 rings (SSSR count). The fourth-order valence-corrected chi connectivity index (χ4v) is 3.40. The maximum absolute atomic E-state index is 12.3. The number of para-hydroxylation sites is 1. The number of thiophene rings is 1. The number of nitrogens with zero attached hydrogens (tertiary/aromatic N) is 2. The van der Waals surface area contributed by atoms with Gasteiger partial charge in [-0.05, 0) is 47.8 Å². The van der Waals surface area contributed by atoms with Crippen LogP contribution in [0.15, 0.2) is 77.0 Å². The average Bonchev–Trinajstić information content (AvgIpc) is 3.27. The van der Waals surface area contributed by atoms with Crippen LogP contribution in [0.2, 0.25) is 0 Å². The molecule has 0 fully saturated rings. The molecule has 2 aromatic carbocycles. The summed E-state index contributed by atoms with van der Waals surface area (Å²) in [4.78, 5) is 36.8. The lowest BCUT2D eigenvalue weighted by atomic mass is 10.2. The Balaban J connectivity index is 1.42. The van der Waals surface area contributed by atoms with Crippen LogP contribution in [0.4, 0.5) is 5.69 Å². The van der Waals surface area contributed by atoms with Gasteiger partial charge in [0.25, 0.3) is 5.91 Å². The lowest BCUT2D eigenvalue weighted by molar-refractivity contribution is -0.135. The van der Waals surface area contributed by atoms with Gasteiger partial charge in [-0.1, -0.05) is 18.2 Å². The van der Waals surface area contributed by atoms with Crippen molar-refractivity contribution in [2.24, 2.45) is 0 Å². The van der Waals surface area contributed by atoms with Gasteiger partial charge in [0.1, 0.15) is 12.3 Å². The minimum atomic E-state index is -0.526. The summed E-state index contributed by atoms with van der Waals surface area (Å²) in [5.74, 6) is -0.378. The number of rotatable bonds is 5. The van der Waals surface area contributed by atoms with Crippen LogP contribution in [0.3, 0.4) is 0 Å². The van der Waals surface area contributed by atoms with Gasteiger partial charge in [-0.2, -0.15) is 5.10 Å². The molecule has 0 saturated heterocycles. The molecule has 144 valence electrons. The molecule has 1 amide bonds. The summed E-state index contributed by atoms with van der Waals surface area (Å²) in [6.07, 6.45) is 1.18. The van der Waals surface area contributed by atoms with Crippen LogP contribution in [0.25, 0.3) is 10.9 Å². The van der Waals surface area contributed by atoms with E-state index in [0.717, 1.165) is 0 Å². The summed E-state index contributed by atoms with van der Waals surface area (Å²) in [7, 11) is 0. The number of amides is 1. The van der Waals surface area contributed by atoms with Crippen LogP contribution in [0, 0.1) is 0 Å². The Hall–Kier alpha value is -3.78. The third kappa shape index (κ3) is 4.22. The molecule has 8 heteroatoms. The number of carbonyl (C=O) groups is 2. The summed E-state index contributed by atoms with van der Waals surface area (Å²) in [6, 6.07) is 17.0. The number of hydrogen-bond acceptors (Lipinski definition) is 6. The average molecular weight is 405 g/mol. The molecule has 0 aliphatic rings. The molecule has 29 heavy (non-hydrogen) atoms. The molecule has 0 bridgehead atoms. The number of ether oxygens (including phenoxy) is 1. The molecule has 1 N–H and O–H groups in total. The van der Waals surface area contributed by atoms with E-state index in [2.05, 4.69) is 10.4 Å². The van der Waals surface area contributed by atoms with Gasteiger partial charge >= 0.3 is 5.97 Å². The van der Waals surface area contributed by atoms with Crippen LogP contribution in [0.5, 0.6) is 5.75 Å². The first kappa shape index (κ1) is 18.6. The van der Waals surface area contributed by atoms with Crippen LogP contribution < -0.4 is 15.5 Å². The van der Waals surface area contributed by atoms with Crippen molar-refractivity contribution in [1.82, 2.24) is 9.78 Å². The van der Waals surface area contributed by atoms with Crippen molar-refractivity contribution in [1.29, 1.82) is 0 Å². The zero-order chi connectivity index (χ0) is 20.2. The van der Waals surface area contributed by atoms with Crippen LogP contribution in [0.1, 0.15) is 9.67 Å². The van der Waals surface area contributed by atoms with E-state index in [1.807, 2.05) is 11.4 Å². The summed E-state index contributed by atoms with van der Waals surface area (Å²) < 4.78 is 6.77. The lowest BCUT2D eigenvalue weighted by Gasteiger charge is -2.10. The van der Waals surface area contributed by atoms with Gasteiger partial charge in [0, 0.05) is 11.1 Å². The smallest absolute Gasteiger partial charge is 0.333 e. The maximum Gasteiger partial charge on any atom is 0.333 e. The molecule has 0 atom stereocenters. The predicted molar refractivity (Wildman–Crippen MR) is 110 cm³/mol. The topological polar surface area (TPSA) is 90.3 Å². The highest BCUT2D eigenvalue weighted by molar-refractivity contribution is 7.12. The number of carbonyl (C=O) groups excluding carboxylic acids is 2. The molecule has 2 heterocycles. The highest BCUT2D eigenvalue weighted by atomic mass is 32.1. The van der Waals surface area contributed by atoms with Gasteiger partial charge in [0.15, 0.2) is 0 Å². The third-order valence-electron chi connectivity index (χ3n) is 4.13. The third-order valence-corrected chi connectivity index (χ3v) is 5.00. The minimum Gasteiger partial charge on any atom is -0.425 e. The van der Waals surface area contributed by atoms with Crippen molar-refractivity contribution in [3.63, 3.8) is 0 Å². The first-order valence-electron chi connectivity index (χ1n) is 8.70. The summed E-state index contributed by atoms with van der Waals surface area (Å²) >= 11 is 1.36. The fourth-order valence-electron chi connectivity index (χ4n) is 2.78. The van der Waals surface area contributed by atoms with Crippen molar-refractivity contribution < 1.29 is 14.3 Å². The van der Waals surface area contributed by atoms with Crippen molar-refractivity contribution in [2.75, 3.05) is 5.32 Å². The molecule has 0 aliphatic carbocycles. The number of hydrogen-bond donors (Lipinski definition) is 1. The number of benzene rings is 2. The zero-order valence-electron chi connectivity index (χ0n) is 15.1. The monoisotopic (exact) mass is 405 g/mol. The molecule has 0 unspecified atom stereocenters. The first-order valence-corrected chi connectivity index (χ1v) is 9.58. The SMILES string of the molecule is O=C(Cn1ncc(=O)c2ccccc21)Oc1ccc(NC(=O)c2cccs2)cc1. The normalized spacial score (nSPS) is 10.6. The van der Waals surface area contributed by atoms with E-state index < -0.39 is 5.97 Å². The lowest BCUT2D eigenvalue weighted by Crippen LogP contribution is -2.20. The molecule has 0 spiro atoms. The van der Waals surface area contributed by atoms with Gasteiger partial charge in [0.05, 0.1) is 16.6 Å². The molecule has 0 aliphatic heterocycles. The number of anilines is 1. The molecule has 7 nitrogen and oxygen atoms in total. The van der Waals surface area contributed by atoms with Crippen LogP contribution >= 0.6 is 11.3 Å². The first-order chi connectivity index (χ1) is 14.1. The Bertz CT molecular complexity index is 1230. The highest BCUT2D eigenvalue weighted by Crippen LogP contribution is 2.18. The fraction of sp³-hybridized carbons (Fsp3) is 0.0476. The molecular formula is C21H15N3O4S. The van der Waals surface area contributed by atoms with Crippen molar-refractivity contribution in [3.8, 4) is 5.75 Å². The Morgan fingerprint density at radius 3 is 2.59 bits per heavy atom. The van der Waals surface area contributed by atoms with E-state index in [0.29, 0.717) is 27.2 Å². The van der Waals surface area contributed by atoms with Gasteiger partial charge < -0.3 is 10.1 Å². The molecular weight excluding hydrogens is 390 g/mol. The number of aromatic nitrogens is 2. The molecule has 0 radical (unpaired) electrons. The predicted octanol–water partition coefficient (Wildman–Crippen LogP) is 3.32. The Labute approximate surface area is 169 Å². The number of esters is 1. The van der Waals surface area contributed by atoms with E-state index in [1.165, 1.54) is 22.2 Å². The van der Waals surface area contributed by atoms with Gasteiger partial charge in [-0.15, -0.1) is 11.3 Å². The van der Waals surface area contributed by atoms with Gasteiger partial charge in [-0.25, -0.2) is 4.79 Å². The number of nitrogens with one attached hydrogen (secondary N) is 1. The quantitative estimate of drug-likeness (QED) is 0.406. The highest BCUT2D eigenvalue weighted by Gasteiger charge is 2.11. The largest absolute Gasteiger partial charge is 0.425 e. The van der Waals surface area contributed by atoms with E-state index in [-0.39, 0.29) is 17.9 Å². The summed E-state index contributed by atoms with van der Waals surface area (Å²) in [5.41, 5.74) is 0.949. The van der Waals surface area contributed by atoms with Gasteiger partial charge in [-0.3, -0.25) is 14.3 Å². The molecule has 4 aromatic rings. The van der Waals surface area contributed by atoms with Crippen LogP contribution in [-0.4, -0.2) is 21.7 Å². The van der Waals surface area contributed by atoms with Crippen molar-refractivity contribution >= 4 is 39.8 Å². The zero-order valence-corrected chi connectivity index (χ0v) is 15.9. The minimum absolute atomic E-state index is 0.141. The molecule has 2 aromatic heterocycles. The van der Waals surface area contributed by atoms with E-state index in [1.54, 1.807) is 54.6 Å². The van der Waals surface area contributed by atoms with E-state index in [9.17, 15) is 14.4 Å². The maximum atomic E-state index is 12.3. The second kappa shape index (κ2) is 8.07. The van der Waals surface area contributed by atoms with Crippen molar-refractivity contribution in [2.45, 2.75) is 6.54 Å². The van der Waals surface area contributed by atoms with Gasteiger partial charge in [0.2, 0.25) is 5.43 Å². The summed E-state index contributed by atoms with van der Waals surface area (Å²) in [5, 5.41) is 9.11. The number of fused-ring (bicyclic) bond motifs is 1. The second-order valence-corrected chi connectivity index (χ2v) is 7.06. The van der Waals surface area contributed by atoms with Crippen molar-refractivity contribution in [3.05, 3.63) is 87.3 Å². The van der Waals surface area contributed by atoms with E-state index in [4.69, 9.17) is 4.74 Å². The standard InChI is InChI=1S/C21H15N3O4S/c25-18-12-22-24(17-5-2-1-4-16(17)18)13-20(26)28-15-9-7-14(8-10-15)23-21(27)19-6-3-11-29-19/h1-12H,13H2,(H,23,27). The molecule has 0 saturated carbocycles. The Morgan fingerprint density at radius 2 is 1.83 bits per heavy atom. The Kier molecular flexibility index (Phi) is 5.17.